The molecule has 0 N–H and O–H groups in total. The van der Waals surface area contributed by atoms with Gasteiger partial charge in [-0.1, -0.05) is 11.6 Å². The maximum Gasteiger partial charge on any atom is 0.311 e. The summed E-state index contributed by atoms with van der Waals surface area (Å²) in [4.78, 5) is 16.0. The van der Waals surface area contributed by atoms with Crippen LogP contribution in [-0.2, 0) is 4.74 Å². The third kappa shape index (κ3) is 2.50. The normalized spacial score (nSPS) is 19.3. The highest BCUT2D eigenvalue weighted by Gasteiger charge is 2.27. The first-order chi connectivity index (χ1) is 8.61. The van der Waals surface area contributed by atoms with E-state index in [9.17, 15) is 10.1 Å². The predicted molar refractivity (Wildman–Crippen MR) is 63.5 cm³/mol. The van der Waals surface area contributed by atoms with Crippen molar-refractivity contribution < 1.29 is 9.66 Å². The molecule has 0 radical (unpaired) electrons. The molecule has 1 fully saturated rings. The number of morpholine rings is 1. The molecule has 1 saturated heterocycles. The van der Waals surface area contributed by atoms with Crippen molar-refractivity contribution in [2.75, 3.05) is 24.6 Å². The molecule has 2 heterocycles. The number of hydrogen-bond acceptors (Lipinski definition) is 6. The van der Waals surface area contributed by atoms with Gasteiger partial charge in [0.2, 0.25) is 5.82 Å². The van der Waals surface area contributed by atoms with Crippen LogP contribution < -0.4 is 4.90 Å². The maximum atomic E-state index is 10.9. The fourth-order valence-electron chi connectivity index (χ4n) is 1.71. The lowest BCUT2D eigenvalue weighted by atomic mass is 10.2. The van der Waals surface area contributed by atoms with Crippen LogP contribution in [-0.4, -0.2) is 35.7 Å². The van der Waals surface area contributed by atoms with Gasteiger partial charge >= 0.3 is 5.69 Å². The molecule has 1 unspecified atom stereocenters. The molecule has 0 spiro atoms. The minimum atomic E-state index is -0.612. The number of nitro groups is 1. The molecular formula is C10H9ClN4O3. The molecule has 1 aromatic heterocycles. The number of hydrogen-bond donors (Lipinski definition) is 0. The summed E-state index contributed by atoms with van der Waals surface area (Å²) < 4.78 is 5.18. The maximum absolute atomic E-state index is 10.9. The molecule has 1 aliphatic rings. The van der Waals surface area contributed by atoms with Crippen molar-refractivity contribution in [3.05, 3.63) is 27.4 Å². The molecular weight excluding hydrogens is 260 g/mol. The van der Waals surface area contributed by atoms with E-state index in [0.717, 1.165) is 0 Å². The highest BCUT2D eigenvalue weighted by atomic mass is 35.5. The number of ether oxygens (including phenoxy) is 1. The van der Waals surface area contributed by atoms with E-state index in [4.69, 9.17) is 21.6 Å². The van der Waals surface area contributed by atoms with Gasteiger partial charge < -0.3 is 9.64 Å². The van der Waals surface area contributed by atoms with Gasteiger partial charge in [0.1, 0.15) is 5.15 Å². The highest BCUT2D eigenvalue weighted by molar-refractivity contribution is 6.29. The molecule has 1 aromatic rings. The van der Waals surface area contributed by atoms with Gasteiger partial charge in [0.15, 0.2) is 6.10 Å². The van der Waals surface area contributed by atoms with Crippen LogP contribution in [0.5, 0.6) is 0 Å². The van der Waals surface area contributed by atoms with Gasteiger partial charge in [0.05, 0.1) is 24.1 Å². The van der Waals surface area contributed by atoms with Crippen molar-refractivity contribution in [3.63, 3.8) is 0 Å². The van der Waals surface area contributed by atoms with Gasteiger partial charge in [0, 0.05) is 12.6 Å². The first kappa shape index (κ1) is 12.5. The first-order valence-electron chi connectivity index (χ1n) is 5.19. The molecule has 1 atom stereocenters. The summed E-state index contributed by atoms with van der Waals surface area (Å²) in [6, 6.07) is 4.65. The summed E-state index contributed by atoms with van der Waals surface area (Å²) in [5.74, 6) is 0.177. The second kappa shape index (κ2) is 5.16. The Balaban J connectivity index is 2.34. The number of halogens is 1. The van der Waals surface area contributed by atoms with Crippen LogP contribution in [0.3, 0.4) is 0 Å². The summed E-state index contributed by atoms with van der Waals surface area (Å²) in [5.41, 5.74) is -0.127. The Hall–Kier alpha value is -1.91. The van der Waals surface area contributed by atoms with E-state index in [1.807, 2.05) is 6.07 Å². The van der Waals surface area contributed by atoms with Gasteiger partial charge in [-0.2, -0.15) is 5.26 Å². The molecule has 0 saturated carbocycles. The van der Waals surface area contributed by atoms with Crippen molar-refractivity contribution in [1.82, 2.24) is 4.98 Å². The number of nitrogens with zero attached hydrogens (tertiary/aromatic N) is 4. The largest absolute Gasteiger partial charge is 0.360 e. The van der Waals surface area contributed by atoms with E-state index in [2.05, 4.69) is 4.98 Å². The lowest BCUT2D eigenvalue weighted by Crippen LogP contribution is -2.42. The van der Waals surface area contributed by atoms with Crippen molar-refractivity contribution in [3.8, 4) is 6.07 Å². The average molecular weight is 269 g/mol. The average Bonchev–Trinajstić information content (AvgIpc) is 2.38. The smallest absolute Gasteiger partial charge is 0.311 e. The van der Waals surface area contributed by atoms with Crippen LogP contribution >= 0.6 is 11.6 Å². The van der Waals surface area contributed by atoms with Crippen LogP contribution in [0, 0.1) is 21.4 Å². The fraction of sp³-hybridized carbons (Fsp3) is 0.400. The van der Waals surface area contributed by atoms with Crippen molar-refractivity contribution >= 4 is 23.1 Å². The minimum absolute atomic E-state index is 0.127. The van der Waals surface area contributed by atoms with Gasteiger partial charge in [-0.3, -0.25) is 10.1 Å². The van der Waals surface area contributed by atoms with Gasteiger partial charge in [-0.05, 0) is 6.07 Å². The molecule has 1 aliphatic heterocycles. The van der Waals surface area contributed by atoms with E-state index in [1.54, 1.807) is 4.90 Å². The lowest BCUT2D eigenvalue weighted by molar-refractivity contribution is -0.384. The Kier molecular flexibility index (Phi) is 3.60. The van der Waals surface area contributed by atoms with Crippen LogP contribution in [0.2, 0.25) is 5.15 Å². The number of pyridine rings is 1. The summed E-state index contributed by atoms with van der Waals surface area (Å²) in [5, 5.41) is 19.9. The second-order valence-corrected chi connectivity index (χ2v) is 4.06. The van der Waals surface area contributed by atoms with Gasteiger partial charge in [-0.25, -0.2) is 4.98 Å². The van der Waals surface area contributed by atoms with Gasteiger partial charge in [-0.15, -0.1) is 0 Å². The van der Waals surface area contributed by atoms with Crippen LogP contribution in [0.25, 0.3) is 0 Å². The van der Waals surface area contributed by atoms with Crippen molar-refractivity contribution in [1.29, 1.82) is 5.26 Å². The summed E-state index contributed by atoms with van der Waals surface area (Å²) >= 11 is 5.75. The monoisotopic (exact) mass is 268 g/mol. The number of anilines is 1. The van der Waals surface area contributed by atoms with Crippen molar-refractivity contribution in [2.24, 2.45) is 0 Å². The molecule has 7 nitrogen and oxygen atoms in total. The number of nitriles is 1. The first-order valence-corrected chi connectivity index (χ1v) is 5.56. The summed E-state index contributed by atoms with van der Waals surface area (Å²) in [7, 11) is 0. The zero-order valence-corrected chi connectivity index (χ0v) is 10.0. The van der Waals surface area contributed by atoms with E-state index in [1.165, 1.54) is 12.1 Å². The topological polar surface area (TPSA) is 92.3 Å². The number of aromatic nitrogens is 1. The zero-order chi connectivity index (χ0) is 13.1. The fourth-order valence-corrected chi connectivity index (χ4v) is 1.86. The molecule has 0 aliphatic carbocycles. The molecule has 94 valence electrons. The van der Waals surface area contributed by atoms with Crippen molar-refractivity contribution in [2.45, 2.75) is 6.10 Å². The molecule has 0 aromatic carbocycles. The Morgan fingerprint density at radius 3 is 3.11 bits per heavy atom. The summed E-state index contributed by atoms with van der Waals surface area (Å²) in [6.45, 7) is 1.00. The van der Waals surface area contributed by atoms with Crippen LogP contribution in [0.4, 0.5) is 11.5 Å². The Morgan fingerprint density at radius 2 is 2.44 bits per heavy atom. The van der Waals surface area contributed by atoms with Crippen LogP contribution in [0.15, 0.2) is 12.1 Å². The predicted octanol–water partition coefficient (Wildman–Crippen LogP) is 1.37. The molecule has 2 rings (SSSR count). The Morgan fingerprint density at radius 1 is 1.67 bits per heavy atom. The van der Waals surface area contributed by atoms with Crippen LogP contribution in [0.1, 0.15) is 0 Å². The van der Waals surface area contributed by atoms with E-state index >= 15 is 0 Å². The zero-order valence-electron chi connectivity index (χ0n) is 9.24. The summed E-state index contributed by atoms with van der Waals surface area (Å²) in [6.07, 6.45) is -0.612. The van der Waals surface area contributed by atoms with E-state index in [-0.39, 0.29) is 23.2 Å². The quantitative estimate of drug-likeness (QED) is 0.457. The molecule has 8 heteroatoms. The standard InChI is InChI=1S/C10H9ClN4O3/c11-9-2-1-8(15(16)17)10(13-9)14-3-4-18-7(5-12)6-14/h1-2,7H,3-4,6H2. The highest BCUT2D eigenvalue weighted by Crippen LogP contribution is 2.28. The van der Waals surface area contributed by atoms with Gasteiger partial charge in [0.25, 0.3) is 0 Å². The third-order valence-electron chi connectivity index (χ3n) is 2.53. The molecule has 18 heavy (non-hydrogen) atoms. The minimum Gasteiger partial charge on any atom is -0.360 e. The number of rotatable bonds is 2. The Bertz CT molecular complexity index is 516. The Labute approximate surface area is 108 Å². The SMILES string of the molecule is N#CC1CN(c2nc(Cl)ccc2[N+](=O)[O-])CCO1. The van der Waals surface area contributed by atoms with E-state index in [0.29, 0.717) is 13.2 Å². The molecule has 0 amide bonds. The third-order valence-corrected chi connectivity index (χ3v) is 2.74. The second-order valence-electron chi connectivity index (χ2n) is 3.67. The lowest BCUT2D eigenvalue weighted by Gasteiger charge is -2.30. The molecule has 0 bridgehead atoms. The van der Waals surface area contributed by atoms with E-state index < -0.39 is 11.0 Å².